The van der Waals surface area contributed by atoms with Gasteiger partial charge >= 0.3 is 0 Å². The molecule has 0 saturated carbocycles. The zero-order valence-corrected chi connectivity index (χ0v) is 11.8. The van der Waals surface area contributed by atoms with Crippen molar-refractivity contribution in [1.82, 2.24) is 10.2 Å². The van der Waals surface area contributed by atoms with Gasteiger partial charge in [-0.15, -0.1) is 13.2 Å². The van der Waals surface area contributed by atoms with E-state index in [-0.39, 0.29) is 5.91 Å². The number of nitrogens with zero attached hydrogens (tertiary/aromatic N) is 1. The summed E-state index contributed by atoms with van der Waals surface area (Å²) in [4.78, 5) is 13.6. The first-order valence-electron chi connectivity index (χ1n) is 6.96. The zero-order valence-electron chi connectivity index (χ0n) is 11.8. The van der Waals surface area contributed by atoms with Crippen LogP contribution in [0.5, 0.6) is 0 Å². The lowest BCUT2D eigenvalue weighted by Crippen LogP contribution is -2.38. The molecule has 0 rings (SSSR count). The third-order valence-electron chi connectivity index (χ3n) is 2.79. The van der Waals surface area contributed by atoms with Gasteiger partial charge in [0.25, 0.3) is 0 Å². The molecule has 0 aliphatic heterocycles. The third-order valence-corrected chi connectivity index (χ3v) is 2.79. The highest BCUT2D eigenvalue weighted by molar-refractivity contribution is 5.78. The fraction of sp³-hybridized carbons (Fsp3) is 0.667. The molecule has 0 fully saturated rings. The molecular weight excluding hydrogens is 224 g/mol. The Kier molecular flexibility index (Phi) is 11.6. The van der Waals surface area contributed by atoms with Crippen LogP contribution in [-0.2, 0) is 4.79 Å². The quantitative estimate of drug-likeness (QED) is 0.428. The van der Waals surface area contributed by atoms with Crippen LogP contribution >= 0.6 is 0 Å². The Hall–Kier alpha value is -1.09. The van der Waals surface area contributed by atoms with Crippen LogP contribution in [0.25, 0.3) is 0 Å². The van der Waals surface area contributed by atoms with E-state index < -0.39 is 0 Å². The average molecular weight is 252 g/mol. The fourth-order valence-electron chi connectivity index (χ4n) is 1.75. The molecule has 0 bridgehead atoms. The fourth-order valence-corrected chi connectivity index (χ4v) is 1.75. The van der Waals surface area contributed by atoms with Gasteiger partial charge in [0.15, 0.2) is 0 Å². The second kappa shape index (κ2) is 12.4. The smallest absolute Gasteiger partial charge is 0.237 e. The van der Waals surface area contributed by atoms with Crippen molar-refractivity contribution in [1.29, 1.82) is 0 Å². The zero-order chi connectivity index (χ0) is 13.6. The number of rotatable bonds is 12. The minimum absolute atomic E-state index is 0.114. The number of carbonyl (C=O) groups is 1. The molecule has 0 aromatic rings. The molecule has 0 aliphatic rings. The van der Waals surface area contributed by atoms with Gasteiger partial charge in [0, 0.05) is 13.1 Å². The molecule has 0 saturated heterocycles. The summed E-state index contributed by atoms with van der Waals surface area (Å²) in [7, 11) is 0. The van der Waals surface area contributed by atoms with Crippen molar-refractivity contribution in [2.24, 2.45) is 0 Å². The van der Waals surface area contributed by atoms with E-state index in [0.29, 0.717) is 19.6 Å². The van der Waals surface area contributed by atoms with Crippen molar-refractivity contribution in [2.45, 2.75) is 39.0 Å². The predicted molar refractivity (Wildman–Crippen MR) is 78.6 cm³/mol. The SMILES string of the molecule is C=CCN(CC=C)C(=O)CNCCCCCCC. The molecule has 0 aromatic carbocycles. The Morgan fingerprint density at radius 1 is 1.11 bits per heavy atom. The van der Waals surface area contributed by atoms with E-state index in [9.17, 15) is 4.79 Å². The number of hydrogen-bond donors (Lipinski definition) is 1. The minimum Gasteiger partial charge on any atom is -0.334 e. The summed E-state index contributed by atoms with van der Waals surface area (Å²) >= 11 is 0. The molecule has 0 heterocycles. The van der Waals surface area contributed by atoms with Gasteiger partial charge in [-0.25, -0.2) is 0 Å². The second-order valence-electron chi connectivity index (χ2n) is 4.47. The lowest BCUT2D eigenvalue weighted by molar-refractivity contribution is -0.129. The highest BCUT2D eigenvalue weighted by atomic mass is 16.2. The predicted octanol–water partition coefficient (Wildman–Crippen LogP) is 2.75. The van der Waals surface area contributed by atoms with E-state index in [1.54, 1.807) is 17.1 Å². The van der Waals surface area contributed by atoms with Crippen LogP contribution < -0.4 is 5.32 Å². The molecule has 18 heavy (non-hydrogen) atoms. The van der Waals surface area contributed by atoms with Crippen LogP contribution in [0, 0.1) is 0 Å². The maximum Gasteiger partial charge on any atom is 0.237 e. The molecule has 1 amide bonds. The largest absolute Gasteiger partial charge is 0.334 e. The molecule has 0 unspecified atom stereocenters. The summed E-state index contributed by atoms with van der Waals surface area (Å²) in [6.45, 7) is 12.0. The van der Waals surface area contributed by atoms with E-state index in [4.69, 9.17) is 0 Å². The number of hydrogen-bond acceptors (Lipinski definition) is 2. The molecule has 0 radical (unpaired) electrons. The molecule has 0 atom stereocenters. The molecule has 3 heteroatoms. The van der Waals surface area contributed by atoms with Crippen LogP contribution in [0.15, 0.2) is 25.3 Å². The monoisotopic (exact) mass is 252 g/mol. The van der Waals surface area contributed by atoms with Gasteiger partial charge in [0.05, 0.1) is 6.54 Å². The van der Waals surface area contributed by atoms with Gasteiger partial charge in [-0.3, -0.25) is 4.79 Å². The Morgan fingerprint density at radius 3 is 2.28 bits per heavy atom. The third kappa shape index (κ3) is 8.99. The normalized spacial score (nSPS) is 10.1. The summed E-state index contributed by atoms with van der Waals surface area (Å²) in [5.74, 6) is 0.114. The Labute approximate surface area is 112 Å². The number of nitrogens with one attached hydrogen (secondary N) is 1. The van der Waals surface area contributed by atoms with Gasteiger partial charge in [-0.2, -0.15) is 0 Å². The molecule has 1 N–H and O–H groups in total. The summed E-state index contributed by atoms with van der Waals surface area (Å²) in [6.07, 6.45) is 9.76. The van der Waals surface area contributed by atoms with Crippen molar-refractivity contribution < 1.29 is 4.79 Å². The van der Waals surface area contributed by atoms with E-state index in [1.165, 1.54) is 25.7 Å². The minimum atomic E-state index is 0.114. The van der Waals surface area contributed by atoms with Gasteiger partial charge in [0.2, 0.25) is 5.91 Å². The summed E-state index contributed by atoms with van der Waals surface area (Å²) in [5, 5.41) is 3.20. The van der Waals surface area contributed by atoms with E-state index >= 15 is 0 Å². The van der Waals surface area contributed by atoms with Gasteiger partial charge < -0.3 is 10.2 Å². The molecule has 3 nitrogen and oxygen atoms in total. The van der Waals surface area contributed by atoms with Crippen molar-refractivity contribution >= 4 is 5.91 Å². The van der Waals surface area contributed by atoms with Crippen LogP contribution in [0.1, 0.15) is 39.0 Å². The highest BCUT2D eigenvalue weighted by Gasteiger charge is 2.09. The van der Waals surface area contributed by atoms with Crippen molar-refractivity contribution in [3.8, 4) is 0 Å². The second-order valence-corrected chi connectivity index (χ2v) is 4.47. The van der Waals surface area contributed by atoms with Gasteiger partial charge in [0.1, 0.15) is 0 Å². The number of unbranched alkanes of at least 4 members (excludes halogenated alkanes) is 4. The molecule has 0 spiro atoms. The maximum atomic E-state index is 11.8. The van der Waals surface area contributed by atoms with Crippen molar-refractivity contribution in [3.63, 3.8) is 0 Å². The summed E-state index contributed by atoms with van der Waals surface area (Å²) in [6, 6.07) is 0. The van der Waals surface area contributed by atoms with Crippen molar-refractivity contribution in [3.05, 3.63) is 25.3 Å². The number of amides is 1. The Bertz CT molecular complexity index is 229. The van der Waals surface area contributed by atoms with Gasteiger partial charge in [-0.1, -0.05) is 44.8 Å². The van der Waals surface area contributed by atoms with Crippen molar-refractivity contribution in [2.75, 3.05) is 26.2 Å². The summed E-state index contributed by atoms with van der Waals surface area (Å²) < 4.78 is 0. The van der Waals surface area contributed by atoms with Crippen LogP contribution in [0.2, 0.25) is 0 Å². The van der Waals surface area contributed by atoms with E-state index in [2.05, 4.69) is 25.4 Å². The molecule has 0 aromatic heterocycles. The van der Waals surface area contributed by atoms with Crippen LogP contribution in [0.4, 0.5) is 0 Å². The molecule has 104 valence electrons. The lowest BCUT2D eigenvalue weighted by Gasteiger charge is -2.19. The number of carbonyl (C=O) groups excluding carboxylic acids is 1. The van der Waals surface area contributed by atoms with Crippen LogP contribution in [0.3, 0.4) is 0 Å². The first-order chi connectivity index (χ1) is 8.76. The van der Waals surface area contributed by atoms with Gasteiger partial charge in [-0.05, 0) is 13.0 Å². The topological polar surface area (TPSA) is 32.3 Å². The molecule has 0 aliphatic carbocycles. The summed E-state index contributed by atoms with van der Waals surface area (Å²) in [5.41, 5.74) is 0. The Morgan fingerprint density at radius 2 is 1.72 bits per heavy atom. The molecular formula is C15H28N2O. The standard InChI is InChI=1S/C15H28N2O/c1-4-7-8-9-10-11-16-14-15(18)17(12-5-2)13-6-3/h5-6,16H,2-4,7-14H2,1H3. The first-order valence-corrected chi connectivity index (χ1v) is 6.96. The highest BCUT2D eigenvalue weighted by Crippen LogP contribution is 2.01. The van der Waals surface area contributed by atoms with E-state index in [1.807, 2.05) is 0 Å². The van der Waals surface area contributed by atoms with E-state index in [0.717, 1.165) is 13.0 Å². The van der Waals surface area contributed by atoms with Crippen LogP contribution in [-0.4, -0.2) is 37.0 Å². The first kappa shape index (κ1) is 16.9. The maximum absolute atomic E-state index is 11.8. The average Bonchev–Trinajstić information content (AvgIpc) is 2.37. The Balaban J connectivity index is 3.60. The lowest BCUT2D eigenvalue weighted by atomic mass is 10.1.